The number of anilines is 1. The fourth-order valence-electron chi connectivity index (χ4n) is 2.67. The SMILES string of the molecule is Cc1ccc(S(=O)(=O)Nc2ccc3c(c2)CCC3)c(Br)c1. The van der Waals surface area contributed by atoms with Gasteiger partial charge in [-0.2, -0.15) is 0 Å². The number of hydrogen-bond acceptors (Lipinski definition) is 2. The molecule has 110 valence electrons. The first kappa shape index (κ1) is 14.6. The van der Waals surface area contributed by atoms with E-state index in [-0.39, 0.29) is 4.90 Å². The largest absolute Gasteiger partial charge is 0.280 e. The average molecular weight is 366 g/mol. The monoisotopic (exact) mass is 365 g/mol. The van der Waals surface area contributed by atoms with E-state index in [9.17, 15) is 8.42 Å². The number of benzene rings is 2. The highest BCUT2D eigenvalue weighted by Gasteiger charge is 2.19. The molecule has 0 aliphatic heterocycles. The molecule has 1 aliphatic carbocycles. The van der Waals surface area contributed by atoms with Crippen LogP contribution in [0.3, 0.4) is 0 Å². The van der Waals surface area contributed by atoms with Gasteiger partial charge in [0, 0.05) is 10.2 Å². The fraction of sp³-hybridized carbons (Fsp3) is 0.250. The van der Waals surface area contributed by atoms with Crippen LogP contribution in [0.1, 0.15) is 23.1 Å². The van der Waals surface area contributed by atoms with Gasteiger partial charge in [0.05, 0.1) is 0 Å². The van der Waals surface area contributed by atoms with Gasteiger partial charge in [0.2, 0.25) is 0 Å². The quantitative estimate of drug-likeness (QED) is 0.891. The highest BCUT2D eigenvalue weighted by atomic mass is 79.9. The number of halogens is 1. The Balaban J connectivity index is 1.92. The maximum atomic E-state index is 12.5. The highest BCUT2D eigenvalue weighted by Crippen LogP contribution is 2.28. The van der Waals surface area contributed by atoms with Crippen LogP contribution in [-0.2, 0) is 22.9 Å². The number of fused-ring (bicyclic) bond motifs is 1. The molecule has 0 unspecified atom stereocenters. The lowest BCUT2D eigenvalue weighted by atomic mass is 10.1. The Kier molecular flexibility index (Phi) is 3.80. The van der Waals surface area contributed by atoms with Crippen molar-refractivity contribution < 1.29 is 8.42 Å². The molecular formula is C16H16BrNO2S. The molecule has 2 aromatic carbocycles. The van der Waals surface area contributed by atoms with Gasteiger partial charge in [-0.25, -0.2) is 8.42 Å². The van der Waals surface area contributed by atoms with Crippen LogP contribution in [0.25, 0.3) is 0 Å². The Bertz CT molecular complexity index is 800. The van der Waals surface area contributed by atoms with Gasteiger partial charge in [-0.3, -0.25) is 4.72 Å². The Morgan fingerprint density at radius 2 is 1.81 bits per heavy atom. The molecule has 1 aliphatic rings. The van der Waals surface area contributed by atoms with E-state index >= 15 is 0 Å². The Labute approximate surface area is 133 Å². The van der Waals surface area contributed by atoms with Crippen molar-refractivity contribution >= 4 is 31.6 Å². The first-order valence-corrected chi connectivity index (χ1v) is 9.14. The molecule has 0 radical (unpaired) electrons. The Morgan fingerprint density at radius 1 is 1.05 bits per heavy atom. The minimum atomic E-state index is -3.58. The lowest BCUT2D eigenvalue weighted by molar-refractivity contribution is 0.600. The van der Waals surface area contributed by atoms with Gasteiger partial charge < -0.3 is 0 Å². The first-order valence-electron chi connectivity index (χ1n) is 6.86. The van der Waals surface area contributed by atoms with E-state index in [0.29, 0.717) is 10.2 Å². The standard InChI is InChI=1S/C16H16BrNO2S/c1-11-5-8-16(15(17)9-11)21(19,20)18-14-7-6-12-3-2-4-13(12)10-14/h5-10,18H,2-4H2,1H3. The number of nitrogens with one attached hydrogen (secondary N) is 1. The van der Waals surface area contributed by atoms with Gasteiger partial charge in [0.25, 0.3) is 10.0 Å². The third-order valence-corrected chi connectivity index (χ3v) is 6.09. The molecule has 0 saturated heterocycles. The molecule has 0 saturated carbocycles. The second kappa shape index (κ2) is 5.46. The molecule has 3 rings (SSSR count). The average Bonchev–Trinajstić information content (AvgIpc) is 2.85. The van der Waals surface area contributed by atoms with Crippen LogP contribution in [0.15, 0.2) is 45.8 Å². The van der Waals surface area contributed by atoms with Crippen molar-refractivity contribution in [2.24, 2.45) is 0 Å². The molecule has 0 bridgehead atoms. The minimum absolute atomic E-state index is 0.258. The van der Waals surface area contributed by atoms with Gasteiger partial charge in [0.15, 0.2) is 0 Å². The van der Waals surface area contributed by atoms with Gasteiger partial charge in [-0.15, -0.1) is 0 Å². The fourth-order valence-corrected chi connectivity index (χ4v) is 4.91. The van der Waals surface area contributed by atoms with Crippen molar-refractivity contribution in [2.75, 3.05) is 4.72 Å². The van der Waals surface area contributed by atoms with Crippen LogP contribution < -0.4 is 4.72 Å². The first-order chi connectivity index (χ1) is 9.95. The lowest BCUT2D eigenvalue weighted by Crippen LogP contribution is -2.13. The summed E-state index contributed by atoms with van der Waals surface area (Å²) in [5.74, 6) is 0. The topological polar surface area (TPSA) is 46.2 Å². The summed E-state index contributed by atoms with van der Waals surface area (Å²) in [5, 5.41) is 0. The molecule has 1 N–H and O–H groups in total. The number of sulfonamides is 1. The Hall–Kier alpha value is -1.33. The zero-order valence-electron chi connectivity index (χ0n) is 11.7. The highest BCUT2D eigenvalue weighted by molar-refractivity contribution is 9.10. The van der Waals surface area contributed by atoms with Crippen LogP contribution in [0.5, 0.6) is 0 Å². The summed E-state index contributed by atoms with van der Waals surface area (Å²) >= 11 is 3.33. The van der Waals surface area contributed by atoms with E-state index in [2.05, 4.69) is 20.7 Å². The van der Waals surface area contributed by atoms with E-state index in [1.54, 1.807) is 18.2 Å². The summed E-state index contributed by atoms with van der Waals surface area (Å²) in [6.07, 6.45) is 3.26. The molecule has 0 aromatic heterocycles. The van der Waals surface area contributed by atoms with Crippen molar-refractivity contribution in [1.29, 1.82) is 0 Å². The number of aryl methyl sites for hydroxylation is 3. The van der Waals surface area contributed by atoms with Gasteiger partial charge >= 0.3 is 0 Å². The second-order valence-electron chi connectivity index (χ2n) is 5.38. The van der Waals surface area contributed by atoms with Crippen molar-refractivity contribution in [3.8, 4) is 0 Å². The molecule has 0 heterocycles. The summed E-state index contributed by atoms with van der Waals surface area (Å²) < 4.78 is 28.2. The molecule has 2 aromatic rings. The normalized spacial score (nSPS) is 14.0. The van der Waals surface area contributed by atoms with E-state index in [0.717, 1.165) is 24.8 Å². The molecule has 5 heteroatoms. The molecule has 3 nitrogen and oxygen atoms in total. The smallest absolute Gasteiger partial charge is 0.263 e. The molecule has 21 heavy (non-hydrogen) atoms. The van der Waals surface area contributed by atoms with Gasteiger partial charge in [-0.1, -0.05) is 12.1 Å². The minimum Gasteiger partial charge on any atom is -0.280 e. The third-order valence-electron chi connectivity index (χ3n) is 3.73. The molecule has 0 fully saturated rings. The summed E-state index contributed by atoms with van der Waals surface area (Å²) in [6.45, 7) is 1.93. The summed E-state index contributed by atoms with van der Waals surface area (Å²) in [5.41, 5.74) is 4.22. The van der Waals surface area contributed by atoms with Crippen LogP contribution in [0.4, 0.5) is 5.69 Å². The van der Waals surface area contributed by atoms with E-state index in [4.69, 9.17) is 0 Å². The van der Waals surface area contributed by atoms with Crippen molar-refractivity contribution in [2.45, 2.75) is 31.1 Å². The summed E-state index contributed by atoms with van der Waals surface area (Å²) in [6, 6.07) is 11.0. The molecule has 0 spiro atoms. The van der Waals surface area contributed by atoms with Crippen LogP contribution in [0, 0.1) is 6.92 Å². The molecular weight excluding hydrogens is 350 g/mol. The molecule has 0 amide bonds. The lowest BCUT2D eigenvalue weighted by Gasteiger charge is -2.11. The van der Waals surface area contributed by atoms with Crippen molar-refractivity contribution in [1.82, 2.24) is 0 Å². The molecule has 0 atom stereocenters. The summed E-state index contributed by atoms with van der Waals surface area (Å²) in [4.78, 5) is 0.258. The van der Waals surface area contributed by atoms with Gasteiger partial charge in [0.1, 0.15) is 4.90 Å². The zero-order chi connectivity index (χ0) is 15.0. The van der Waals surface area contributed by atoms with Gasteiger partial charge in [-0.05, 0) is 83.1 Å². The number of hydrogen-bond donors (Lipinski definition) is 1. The second-order valence-corrected chi connectivity index (χ2v) is 7.88. The third kappa shape index (κ3) is 2.99. The van der Waals surface area contributed by atoms with Crippen LogP contribution >= 0.6 is 15.9 Å². The maximum absolute atomic E-state index is 12.5. The predicted octanol–water partition coefficient (Wildman–Crippen LogP) is 4.05. The maximum Gasteiger partial charge on any atom is 0.263 e. The predicted molar refractivity (Wildman–Crippen MR) is 88.2 cm³/mol. The van der Waals surface area contributed by atoms with Crippen molar-refractivity contribution in [3.63, 3.8) is 0 Å². The zero-order valence-corrected chi connectivity index (χ0v) is 14.1. The van der Waals surface area contributed by atoms with Crippen LogP contribution in [-0.4, -0.2) is 8.42 Å². The van der Waals surface area contributed by atoms with E-state index in [1.165, 1.54) is 11.1 Å². The number of rotatable bonds is 3. The van der Waals surface area contributed by atoms with E-state index < -0.39 is 10.0 Å². The Morgan fingerprint density at radius 3 is 2.57 bits per heavy atom. The summed E-state index contributed by atoms with van der Waals surface area (Å²) in [7, 11) is -3.58. The van der Waals surface area contributed by atoms with Crippen LogP contribution in [0.2, 0.25) is 0 Å². The van der Waals surface area contributed by atoms with E-state index in [1.807, 2.05) is 25.1 Å². The van der Waals surface area contributed by atoms with Crippen molar-refractivity contribution in [3.05, 3.63) is 57.6 Å².